The Labute approximate surface area is 213 Å². The molecule has 0 radical (unpaired) electrons. The summed E-state index contributed by atoms with van der Waals surface area (Å²) in [6.07, 6.45) is 4.82. The molecule has 198 valence electrons. The number of sulfone groups is 1. The van der Waals surface area contributed by atoms with Crippen molar-refractivity contribution in [3.63, 3.8) is 0 Å². The molecule has 1 aromatic carbocycles. The highest BCUT2D eigenvalue weighted by atomic mass is 32.2. The molecule has 1 heterocycles. The molecule has 2 atom stereocenters. The molecule has 3 rings (SSSR count). The van der Waals surface area contributed by atoms with Gasteiger partial charge in [-0.25, -0.2) is 8.42 Å². The third kappa shape index (κ3) is 7.69. The number of nitrogens with zero attached hydrogens (tertiary/aromatic N) is 2. The van der Waals surface area contributed by atoms with E-state index in [1.807, 2.05) is 0 Å². The molecular formula is C28H47N3O3S. The number of piperazine rings is 1. The molecule has 35 heavy (non-hydrogen) atoms. The van der Waals surface area contributed by atoms with E-state index in [9.17, 15) is 13.2 Å². The number of ketones is 1. The lowest BCUT2D eigenvalue weighted by molar-refractivity contribution is -0.124. The van der Waals surface area contributed by atoms with Crippen molar-refractivity contribution in [2.75, 3.05) is 42.2 Å². The lowest BCUT2D eigenvalue weighted by Crippen LogP contribution is -2.54. The van der Waals surface area contributed by atoms with Crippen LogP contribution in [0.5, 0.6) is 0 Å². The number of hydrogen-bond acceptors (Lipinski definition) is 6. The van der Waals surface area contributed by atoms with Gasteiger partial charge in [0.2, 0.25) is 0 Å². The van der Waals surface area contributed by atoms with E-state index in [1.54, 1.807) is 20.8 Å². The van der Waals surface area contributed by atoms with E-state index in [1.165, 1.54) is 11.4 Å². The van der Waals surface area contributed by atoms with Crippen LogP contribution in [0.2, 0.25) is 0 Å². The van der Waals surface area contributed by atoms with Crippen LogP contribution in [0, 0.1) is 11.8 Å². The standard InChI is InChI=1S/C28H47N3O3S/c1-21-18-31(19-22(2)29-21)26-10-7-9-25(17-26)30(6)16-8-11-27(32)24-14-12-23(13-15-24)20-35(33,34)28(3,4)5/h7,9-10,17,21-24,29H,8,11-16,18-20H2,1-6H3. The van der Waals surface area contributed by atoms with Crippen LogP contribution in [-0.2, 0) is 14.6 Å². The molecular weight excluding hydrogens is 458 g/mol. The minimum Gasteiger partial charge on any atom is -0.375 e. The Balaban J connectivity index is 1.43. The van der Waals surface area contributed by atoms with Crippen molar-refractivity contribution in [2.45, 2.75) is 90.0 Å². The quantitative estimate of drug-likeness (QED) is 0.526. The SMILES string of the molecule is CC1CN(c2cccc(N(C)CCCC(=O)C3CCC(CS(=O)(=O)C(C)(C)C)CC3)c2)CC(C)N1. The second-order valence-corrected chi connectivity index (χ2v) is 14.8. The van der Waals surface area contributed by atoms with Gasteiger partial charge in [0.1, 0.15) is 5.78 Å². The van der Waals surface area contributed by atoms with Gasteiger partial charge in [0.25, 0.3) is 0 Å². The zero-order chi connectivity index (χ0) is 25.8. The van der Waals surface area contributed by atoms with Gasteiger partial charge in [-0.3, -0.25) is 4.79 Å². The normalized spacial score (nSPS) is 25.9. The van der Waals surface area contributed by atoms with Gasteiger partial charge in [-0.1, -0.05) is 6.07 Å². The van der Waals surface area contributed by atoms with Gasteiger partial charge in [-0.05, 0) is 90.8 Å². The zero-order valence-electron chi connectivity index (χ0n) is 22.7. The number of rotatable bonds is 9. The molecule has 6 nitrogen and oxygen atoms in total. The fraction of sp³-hybridized carbons (Fsp3) is 0.750. The van der Waals surface area contributed by atoms with Crippen molar-refractivity contribution < 1.29 is 13.2 Å². The molecule has 1 N–H and O–H groups in total. The van der Waals surface area contributed by atoms with E-state index >= 15 is 0 Å². The lowest BCUT2D eigenvalue weighted by Gasteiger charge is -2.38. The van der Waals surface area contributed by atoms with Crippen LogP contribution in [-0.4, -0.2) is 63.5 Å². The summed E-state index contributed by atoms with van der Waals surface area (Å²) in [6.45, 7) is 12.7. The van der Waals surface area contributed by atoms with E-state index in [0.717, 1.165) is 51.7 Å². The van der Waals surface area contributed by atoms with Gasteiger partial charge < -0.3 is 15.1 Å². The summed E-state index contributed by atoms with van der Waals surface area (Å²) in [7, 11) is -0.993. The number of Topliss-reactive ketones (excluding diaryl/α,β-unsaturated/α-hetero) is 1. The molecule has 2 aliphatic rings. The molecule has 1 saturated carbocycles. The number of nitrogens with one attached hydrogen (secondary N) is 1. The van der Waals surface area contributed by atoms with Crippen LogP contribution in [0.4, 0.5) is 11.4 Å². The van der Waals surface area contributed by atoms with Gasteiger partial charge in [0.05, 0.1) is 10.5 Å². The molecule has 0 spiro atoms. The maximum Gasteiger partial charge on any atom is 0.155 e. The van der Waals surface area contributed by atoms with E-state index < -0.39 is 14.6 Å². The van der Waals surface area contributed by atoms with Crippen molar-refractivity contribution in [3.05, 3.63) is 24.3 Å². The second kappa shape index (κ2) is 11.6. The Kier molecular flexibility index (Phi) is 9.30. The highest BCUT2D eigenvalue weighted by Gasteiger charge is 2.34. The van der Waals surface area contributed by atoms with Crippen LogP contribution in [0.15, 0.2) is 24.3 Å². The van der Waals surface area contributed by atoms with Gasteiger partial charge in [-0.15, -0.1) is 0 Å². The van der Waals surface area contributed by atoms with Crippen molar-refractivity contribution >= 4 is 27.0 Å². The van der Waals surface area contributed by atoms with Crippen LogP contribution >= 0.6 is 0 Å². The fourth-order valence-electron chi connectivity index (χ4n) is 5.50. The average Bonchev–Trinajstić information content (AvgIpc) is 2.78. The van der Waals surface area contributed by atoms with Crippen LogP contribution < -0.4 is 15.1 Å². The Morgan fingerprint density at radius 1 is 1.09 bits per heavy atom. The highest BCUT2D eigenvalue weighted by molar-refractivity contribution is 7.92. The third-order valence-corrected chi connectivity index (χ3v) is 10.6. The summed E-state index contributed by atoms with van der Waals surface area (Å²) < 4.78 is 24.3. The molecule has 2 unspecified atom stereocenters. The third-order valence-electron chi connectivity index (χ3n) is 7.80. The van der Waals surface area contributed by atoms with Crippen molar-refractivity contribution in [3.8, 4) is 0 Å². The lowest BCUT2D eigenvalue weighted by atomic mass is 9.80. The molecule has 0 aromatic heterocycles. The molecule has 2 fully saturated rings. The Morgan fingerprint density at radius 3 is 2.31 bits per heavy atom. The monoisotopic (exact) mass is 505 g/mol. The van der Waals surface area contributed by atoms with Gasteiger partial charge >= 0.3 is 0 Å². The van der Waals surface area contributed by atoms with Crippen LogP contribution in [0.25, 0.3) is 0 Å². The minimum atomic E-state index is -3.10. The first-order chi connectivity index (χ1) is 16.4. The van der Waals surface area contributed by atoms with Gasteiger partial charge in [-0.2, -0.15) is 0 Å². The van der Waals surface area contributed by atoms with Crippen molar-refractivity contribution in [2.24, 2.45) is 11.8 Å². The summed E-state index contributed by atoms with van der Waals surface area (Å²) in [6, 6.07) is 9.68. The Morgan fingerprint density at radius 2 is 1.71 bits per heavy atom. The van der Waals surface area contributed by atoms with E-state index in [2.05, 4.69) is 60.3 Å². The average molecular weight is 506 g/mol. The van der Waals surface area contributed by atoms with E-state index in [0.29, 0.717) is 24.3 Å². The molecule has 7 heteroatoms. The summed E-state index contributed by atoms with van der Waals surface area (Å²) in [5.74, 6) is 0.915. The number of hydrogen-bond donors (Lipinski definition) is 1. The molecule has 1 aromatic rings. The maximum atomic E-state index is 12.8. The zero-order valence-corrected chi connectivity index (χ0v) is 23.5. The van der Waals surface area contributed by atoms with Gasteiger partial charge in [0, 0.05) is 62.5 Å². The first-order valence-electron chi connectivity index (χ1n) is 13.4. The molecule has 1 saturated heterocycles. The summed E-state index contributed by atoms with van der Waals surface area (Å²) >= 11 is 0. The number of benzene rings is 1. The Bertz CT molecular complexity index is 938. The van der Waals surface area contributed by atoms with E-state index in [4.69, 9.17) is 0 Å². The summed E-state index contributed by atoms with van der Waals surface area (Å²) in [5, 5.41) is 3.59. The van der Waals surface area contributed by atoms with Crippen molar-refractivity contribution in [1.82, 2.24) is 5.32 Å². The molecule has 1 aliphatic carbocycles. The van der Waals surface area contributed by atoms with Crippen molar-refractivity contribution in [1.29, 1.82) is 0 Å². The first-order valence-corrected chi connectivity index (χ1v) is 15.1. The fourth-order valence-corrected chi connectivity index (χ4v) is 6.95. The summed E-state index contributed by atoms with van der Waals surface area (Å²) in [4.78, 5) is 17.5. The first kappa shape index (κ1) is 28.0. The molecule has 1 aliphatic heterocycles. The topological polar surface area (TPSA) is 69.7 Å². The second-order valence-electron chi connectivity index (χ2n) is 12.0. The smallest absolute Gasteiger partial charge is 0.155 e. The minimum absolute atomic E-state index is 0.105. The predicted octanol–water partition coefficient (Wildman–Crippen LogP) is 4.68. The maximum absolute atomic E-state index is 12.8. The van der Waals surface area contributed by atoms with Crippen LogP contribution in [0.3, 0.4) is 0 Å². The number of anilines is 2. The van der Waals surface area contributed by atoms with E-state index in [-0.39, 0.29) is 17.6 Å². The number of carbonyl (C=O) groups is 1. The molecule has 0 bridgehead atoms. The summed E-state index contributed by atoms with van der Waals surface area (Å²) in [5.41, 5.74) is 2.45. The Hall–Kier alpha value is -1.60. The largest absolute Gasteiger partial charge is 0.375 e. The van der Waals surface area contributed by atoms with Gasteiger partial charge in [0.15, 0.2) is 9.84 Å². The predicted molar refractivity (Wildman–Crippen MR) is 147 cm³/mol. The highest BCUT2D eigenvalue weighted by Crippen LogP contribution is 2.33. The molecule has 0 amide bonds. The van der Waals surface area contributed by atoms with Crippen LogP contribution in [0.1, 0.15) is 73.1 Å². The number of carbonyl (C=O) groups excluding carboxylic acids is 1.